The monoisotopic (exact) mass is 355 g/mol. The van der Waals surface area contributed by atoms with Gasteiger partial charge in [0.2, 0.25) is 0 Å². The Morgan fingerprint density at radius 1 is 1.32 bits per heavy atom. The number of amides is 1. The first kappa shape index (κ1) is 21.1. The maximum absolute atomic E-state index is 11.5. The molecule has 1 rings (SSSR count). The number of nitrogens with zero attached hydrogens (tertiary/aromatic N) is 3. The van der Waals surface area contributed by atoms with E-state index in [9.17, 15) is 4.79 Å². The summed E-state index contributed by atoms with van der Waals surface area (Å²) in [6.07, 6.45) is 9.57. The molecule has 0 unspecified atom stereocenters. The number of unbranched alkanes of at least 4 members (excludes halogenated alkanes) is 3. The first-order valence-corrected chi connectivity index (χ1v) is 8.88. The minimum atomic E-state index is -0.715. The standard InChI is InChI=1S/C17H31N4O4/c1-3-5-6-7-8-9-10-21(20-11-13-23-14-12-20)15-16(25-18)19-17(22)24-4-2/h3,5,15H,4,6-14,18H2,1-2H3/q+1. The zero-order chi connectivity index (χ0) is 18.3. The van der Waals surface area contributed by atoms with E-state index in [1.807, 2.05) is 11.6 Å². The van der Waals surface area contributed by atoms with Crippen LogP contribution >= 0.6 is 0 Å². The molecule has 0 saturated carbocycles. The second-order valence-electron chi connectivity index (χ2n) is 5.54. The van der Waals surface area contributed by atoms with Crippen molar-refractivity contribution in [2.24, 2.45) is 10.9 Å². The van der Waals surface area contributed by atoms with Crippen molar-refractivity contribution in [3.05, 3.63) is 12.2 Å². The zero-order valence-corrected chi connectivity index (χ0v) is 15.4. The molecule has 0 bridgehead atoms. The van der Waals surface area contributed by atoms with Gasteiger partial charge in [-0.3, -0.25) is 0 Å². The first-order valence-electron chi connectivity index (χ1n) is 8.88. The molecule has 1 fully saturated rings. The minimum absolute atomic E-state index is 0.0267. The fraction of sp³-hybridized carbons (Fsp3) is 0.706. The average molecular weight is 355 g/mol. The van der Waals surface area contributed by atoms with Crippen molar-refractivity contribution in [3.63, 3.8) is 0 Å². The van der Waals surface area contributed by atoms with Crippen LogP contribution in [0, 0.1) is 0 Å². The average Bonchev–Trinajstić information content (AvgIpc) is 2.63. The van der Waals surface area contributed by atoms with Crippen LogP contribution in [-0.2, 0) is 14.3 Å². The van der Waals surface area contributed by atoms with Gasteiger partial charge >= 0.3 is 12.0 Å². The van der Waals surface area contributed by atoms with E-state index in [0.717, 1.165) is 45.3 Å². The molecule has 0 aromatic carbocycles. The molecule has 1 saturated heterocycles. The summed E-state index contributed by atoms with van der Waals surface area (Å²) in [6, 6.07) is 0. The van der Waals surface area contributed by atoms with Crippen LogP contribution in [0.25, 0.3) is 0 Å². The van der Waals surface area contributed by atoms with Crippen molar-refractivity contribution in [3.8, 4) is 0 Å². The molecule has 0 spiro atoms. The van der Waals surface area contributed by atoms with Gasteiger partial charge in [0.25, 0.3) is 6.21 Å². The lowest BCUT2D eigenvalue weighted by Gasteiger charge is -2.25. The van der Waals surface area contributed by atoms with Crippen LogP contribution in [0.5, 0.6) is 0 Å². The first-order chi connectivity index (χ1) is 12.2. The molecule has 0 atom stereocenters. The number of carbonyl (C=O) groups is 1. The van der Waals surface area contributed by atoms with Crippen LogP contribution in [0.2, 0.25) is 0 Å². The Bertz CT molecular complexity index is 471. The number of hydrogen-bond donors (Lipinski definition) is 1. The predicted octanol–water partition coefficient (Wildman–Crippen LogP) is 1.90. The highest BCUT2D eigenvalue weighted by molar-refractivity contribution is 6.26. The Hall–Kier alpha value is -1.93. The highest BCUT2D eigenvalue weighted by Gasteiger charge is 2.21. The Kier molecular flexibility index (Phi) is 11.3. The van der Waals surface area contributed by atoms with E-state index in [1.165, 1.54) is 0 Å². The van der Waals surface area contributed by atoms with Crippen molar-refractivity contribution in [1.82, 2.24) is 5.01 Å². The molecule has 142 valence electrons. The molecule has 1 heterocycles. The van der Waals surface area contributed by atoms with Crippen molar-refractivity contribution in [2.75, 3.05) is 39.5 Å². The van der Waals surface area contributed by atoms with Gasteiger partial charge in [-0.15, -0.1) is 9.68 Å². The summed E-state index contributed by atoms with van der Waals surface area (Å²) in [4.78, 5) is 20.0. The summed E-state index contributed by atoms with van der Waals surface area (Å²) in [6.45, 7) is 7.67. The number of carbonyl (C=O) groups excluding carboxylic acids is 1. The molecule has 0 aromatic heterocycles. The highest BCUT2D eigenvalue weighted by Crippen LogP contribution is 2.04. The summed E-state index contributed by atoms with van der Waals surface area (Å²) < 4.78 is 12.2. The Balaban J connectivity index is 2.71. The van der Waals surface area contributed by atoms with E-state index in [-0.39, 0.29) is 12.5 Å². The molecule has 25 heavy (non-hydrogen) atoms. The van der Waals surface area contributed by atoms with Crippen molar-refractivity contribution < 1.29 is 23.8 Å². The number of morpholine rings is 1. The summed E-state index contributed by atoms with van der Waals surface area (Å²) in [5.74, 6) is 5.28. The second-order valence-corrected chi connectivity index (χ2v) is 5.54. The fourth-order valence-corrected chi connectivity index (χ4v) is 2.44. The van der Waals surface area contributed by atoms with E-state index in [1.54, 1.807) is 13.1 Å². The van der Waals surface area contributed by atoms with E-state index in [2.05, 4.69) is 22.2 Å². The van der Waals surface area contributed by atoms with E-state index in [0.29, 0.717) is 13.2 Å². The third kappa shape index (κ3) is 9.21. The highest BCUT2D eigenvalue weighted by atomic mass is 16.6. The van der Waals surface area contributed by atoms with Gasteiger partial charge in [-0.25, -0.2) is 4.79 Å². The van der Waals surface area contributed by atoms with Gasteiger partial charge in [-0.2, -0.15) is 10.9 Å². The number of rotatable bonds is 9. The quantitative estimate of drug-likeness (QED) is 0.170. The van der Waals surface area contributed by atoms with Gasteiger partial charge in [0.15, 0.2) is 6.54 Å². The van der Waals surface area contributed by atoms with Crippen LogP contribution in [0.4, 0.5) is 4.79 Å². The fourth-order valence-electron chi connectivity index (χ4n) is 2.44. The summed E-state index contributed by atoms with van der Waals surface area (Å²) >= 11 is 0. The van der Waals surface area contributed by atoms with Crippen molar-refractivity contribution in [2.45, 2.75) is 39.5 Å². The minimum Gasteiger partial charge on any atom is -0.448 e. The molecule has 1 aliphatic rings. The molecule has 2 N–H and O–H groups in total. The molecule has 8 nitrogen and oxygen atoms in total. The Labute approximate surface area is 149 Å². The van der Waals surface area contributed by atoms with E-state index in [4.69, 9.17) is 20.2 Å². The Morgan fingerprint density at radius 3 is 2.72 bits per heavy atom. The van der Waals surface area contributed by atoms with Gasteiger partial charge in [-0.05, 0) is 33.1 Å². The number of aliphatic imine (C=N–C) groups is 1. The largest absolute Gasteiger partial charge is 0.448 e. The number of nitrogens with two attached hydrogens (primary N) is 1. The van der Waals surface area contributed by atoms with Crippen LogP contribution in [0.3, 0.4) is 0 Å². The molecule has 0 radical (unpaired) electrons. The van der Waals surface area contributed by atoms with Crippen molar-refractivity contribution in [1.29, 1.82) is 0 Å². The maximum atomic E-state index is 11.5. The van der Waals surface area contributed by atoms with Crippen LogP contribution in [-0.4, -0.2) is 67.4 Å². The molecule has 8 heteroatoms. The normalized spacial score (nSPS) is 16.4. The van der Waals surface area contributed by atoms with Gasteiger partial charge in [-0.1, -0.05) is 12.2 Å². The van der Waals surface area contributed by atoms with Gasteiger partial charge in [0.1, 0.15) is 0 Å². The molecule has 1 amide bonds. The third-order valence-electron chi connectivity index (χ3n) is 3.69. The molecule has 0 aliphatic carbocycles. The third-order valence-corrected chi connectivity index (χ3v) is 3.69. The lowest BCUT2D eigenvalue weighted by Crippen LogP contribution is -2.45. The topological polar surface area (TPSA) is 89.4 Å². The smallest absolute Gasteiger partial charge is 0.437 e. The second kappa shape index (κ2) is 13.4. The Morgan fingerprint density at radius 2 is 2.08 bits per heavy atom. The molecular formula is C17H31N4O4+. The van der Waals surface area contributed by atoms with Crippen LogP contribution in [0.15, 0.2) is 17.1 Å². The predicted molar refractivity (Wildman–Crippen MR) is 96.6 cm³/mol. The van der Waals surface area contributed by atoms with E-state index < -0.39 is 6.09 Å². The molecular weight excluding hydrogens is 324 g/mol. The lowest BCUT2D eigenvalue weighted by molar-refractivity contribution is -0.690. The number of hydrazone groups is 1. The molecule has 1 aliphatic heterocycles. The maximum Gasteiger partial charge on any atom is 0.437 e. The van der Waals surface area contributed by atoms with Gasteiger partial charge in [0, 0.05) is 6.42 Å². The van der Waals surface area contributed by atoms with Crippen LogP contribution in [0.1, 0.15) is 39.5 Å². The van der Waals surface area contributed by atoms with E-state index >= 15 is 0 Å². The van der Waals surface area contributed by atoms with Gasteiger partial charge in [0.05, 0.1) is 32.9 Å². The number of allylic oxidation sites excluding steroid dienone is 2. The molecule has 0 aromatic rings. The summed E-state index contributed by atoms with van der Waals surface area (Å²) in [5.41, 5.74) is 0. The number of ether oxygens (including phenoxy) is 2. The zero-order valence-electron chi connectivity index (χ0n) is 15.4. The van der Waals surface area contributed by atoms with Crippen LogP contribution < -0.4 is 5.90 Å². The number of hydrogen-bond acceptors (Lipinski definition) is 6. The summed E-state index contributed by atoms with van der Waals surface area (Å²) in [7, 11) is 0. The lowest BCUT2D eigenvalue weighted by atomic mass is 10.2. The van der Waals surface area contributed by atoms with Gasteiger partial charge < -0.3 is 14.3 Å². The summed E-state index contributed by atoms with van der Waals surface area (Å²) in [5, 5.41) is 2.15. The van der Waals surface area contributed by atoms with Crippen molar-refractivity contribution >= 4 is 18.2 Å². The SMILES string of the molecule is CC=CCCCCC[N+](=CC(=NC(=O)OCC)ON)N1CCOCC1. The number of hydrazine groups is 1.